The molecule has 0 amide bonds. The van der Waals surface area contributed by atoms with E-state index in [0.717, 1.165) is 5.56 Å². The molecule has 0 radical (unpaired) electrons. The molecule has 3 heteroatoms. The Morgan fingerprint density at radius 1 is 0.947 bits per heavy atom. The van der Waals surface area contributed by atoms with Gasteiger partial charge < -0.3 is 0 Å². The minimum absolute atomic E-state index is 0.0586. The molecule has 0 aromatic heterocycles. The number of halogens is 1. The van der Waals surface area contributed by atoms with Gasteiger partial charge >= 0.3 is 0 Å². The second-order valence-electron chi connectivity index (χ2n) is 4.35. The molecule has 0 aliphatic carbocycles. The van der Waals surface area contributed by atoms with E-state index < -0.39 is 11.2 Å². The number of hydrogen-bond acceptors (Lipinski definition) is 2. The van der Waals surface area contributed by atoms with Crippen molar-refractivity contribution in [3.05, 3.63) is 71.3 Å². The fourth-order valence-electron chi connectivity index (χ4n) is 1.84. The maximum Gasteiger partial charge on any atom is 0.228 e. The van der Waals surface area contributed by atoms with Gasteiger partial charge in [0.2, 0.25) is 5.24 Å². The molecule has 0 unspecified atom stereocenters. The van der Waals surface area contributed by atoms with Crippen LogP contribution in [0.2, 0.25) is 0 Å². The summed E-state index contributed by atoms with van der Waals surface area (Å²) in [6, 6.07) is 16.1. The molecule has 0 aliphatic heterocycles. The summed E-state index contributed by atoms with van der Waals surface area (Å²) in [4.78, 5) is 23.4. The summed E-state index contributed by atoms with van der Waals surface area (Å²) in [5.74, 6) is -0.470. The van der Waals surface area contributed by atoms with Gasteiger partial charge in [-0.2, -0.15) is 0 Å². The van der Waals surface area contributed by atoms with Gasteiger partial charge in [0.05, 0.1) is 5.92 Å². The van der Waals surface area contributed by atoms with Crippen molar-refractivity contribution in [2.45, 2.75) is 12.8 Å². The molecular formula is C16H13ClO2. The topological polar surface area (TPSA) is 34.1 Å². The zero-order chi connectivity index (χ0) is 13.8. The Morgan fingerprint density at radius 2 is 1.58 bits per heavy atom. The molecule has 0 heterocycles. The van der Waals surface area contributed by atoms with Crippen molar-refractivity contribution in [2.24, 2.45) is 0 Å². The summed E-state index contributed by atoms with van der Waals surface area (Å²) < 4.78 is 0. The molecule has 96 valence electrons. The molecule has 2 nitrogen and oxygen atoms in total. The van der Waals surface area contributed by atoms with Crippen molar-refractivity contribution >= 4 is 22.6 Å². The lowest BCUT2D eigenvalue weighted by Gasteiger charge is -2.08. The maximum atomic E-state index is 12.3. The molecule has 0 spiro atoms. The van der Waals surface area contributed by atoms with Gasteiger partial charge in [0.25, 0.3) is 0 Å². The number of ketones is 1. The van der Waals surface area contributed by atoms with E-state index in [1.54, 1.807) is 43.3 Å². The van der Waals surface area contributed by atoms with Gasteiger partial charge in [0.1, 0.15) is 0 Å². The molecular weight excluding hydrogens is 260 g/mol. The van der Waals surface area contributed by atoms with E-state index in [4.69, 9.17) is 11.6 Å². The van der Waals surface area contributed by atoms with Gasteiger partial charge in [-0.1, -0.05) is 55.5 Å². The molecule has 0 aliphatic rings. The third-order valence-electron chi connectivity index (χ3n) is 3.03. The first-order valence-corrected chi connectivity index (χ1v) is 6.36. The largest absolute Gasteiger partial charge is 0.289 e. The first-order valence-electron chi connectivity index (χ1n) is 5.98. The first kappa shape index (κ1) is 13.5. The zero-order valence-electron chi connectivity index (χ0n) is 10.5. The van der Waals surface area contributed by atoms with E-state index in [1.165, 1.54) is 0 Å². The van der Waals surface area contributed by atoms with E-state index in [2.05, 4.69) is 0 Å². The number of carbonyl (C=O) groups excluding carboxylic acids is 2. The predicted molar refractivity (Wildman–Crippen MR) is 75.6 cm³/mol. The number of rotatable bonds is 4. The minimum atomic E-state index is -0.427. The molecule has 0 fully saturated rings. The van der Waals surface area contributed by atoms with Crippen LogP contribution in [0.3, 0.4) is 0 Å². The second-order valence-corrected chi connectivity index (χ2v) is 4.72. The van der Waals surface area contributed by atoms with Crippen LogP contribution in [0.25, 0.3) is 0 Å². The third kappa shape index (κ3) is 3.09. The number of carbonyl (C=O) groups is 2. The standard InChI is InChI=1S/C16H13ClO2/c1-11(16(17)19)13-8-5-9-14(10-13)15(18)12-6-3-2-4-7-12/h2-11H,1H3/t11-/m0/s1. The van der Waals surface area contributed by atoms with Crippen LogP contribution in [-0.2, 0) is 4.79 Å². The van der Waals surface area contributed by atoms with Crippen LogP contribution in [-0.4, -0.2) is 11.0 Å². The monoisotopic (exact) mass is 272 g/mol. The van der Waals surface area contributed by atoms with Crippen LogP contribution in [0, 0.1) is 0 Å². The molecule has 0 saturated heterocycles. The Labute approximate surface area is 117 Å². The van der Waals surface area contributed by atoms with Gasteiger partial charge in [-0.25, -0.2) is 0 Å². The van der Waals surface area contributed by atoms with E-state index in [1.807, 2.05) is 18.2 Å². The lowest BCUT2D eigenvalue weighted by molar-refractivity contribution is -0.112. The second kappa shape index (κ2) is 5.81. The zero-order valence-corrected chi connectivity index (χ0v) is 11.2. The summed E-state index contributed by atoms with van der Waals surface area (Å²) in [6.07, 6.45) is 0. The van der Waals surface area contributed by atoms with Gasteiger partial charge in [0.15, 0.2) is 5.78 Å². The van der Waals surface area contributed by atoms with E-state index in [0.29, 0.717) is 11.1 Å². The highest BCUT2D eigenvalue weighted by Gasteiger charge is 2.15. The number of benzene rings is 2. The molecule has 2 rings (SSSR count). The normalized spacial score (nSPS) is 11.9. The summed E-state index contributed by atoms with van der Waals surface area (Å²) in [5, 5.41) is -0.427. The van der Waals surface area contributed by atoms with Crippen molar-refractivity contribution in [3.8, 4) is 0 Å². The quantitative estimate of drug-likeness (QED) is 0.627. The van der Waals surface area contributed by atoms with E-state index in [-0.39, 0.29) is 5.78 Å². The fourth-order valence-corrected chi connectivity index (χ4v) is 1.96. The van der Waals surface area contributed by atoms with Crippen molar-refractivity contribution in [3.63, 3.8) is 0 Å². The Kier molecular flexibility index (Phi) is 4.13. The molecule has 0 N–H and O–H groups in total. The van der Waals surface area contributed by atoms with Crippen LogP contribution in [0.4, 0.5) is 0 Å². The van der Waals surface area contributed by atoms with Gasteiger partial charge in [0, 0.05) is 11.1 Å². The predicted octanol–water partition coefficient (Wildman–Crippen LogP) is 3.79. The minimum Gasteiger partial charge on any atom is -0.289 e. The van der Waals surface area contributed by atoms with Crippen LogP contribution < -0.4 is 0 Å². The molecule has 1 atom stereocenters. The molecule has 2 aromatic carbocycles. The van der Waals surface area contributed by atoms with Crippen LogP contribution in [0.5, 0.6) is 0 Å². The summed E-state index contributed by atoms with van der Waals surface area (Å²) in [6.45, 7) is 1.72. The highest BCUT2D eigenvalue weighted by molar-refractivity contribution is 6.64. The summed E-state index contributed by atoms with van der Waals surface area (Å²) in [7, 11) is 0. The van der Waals surface area contributed by atoms with Crippen molar-refractivity contribution < 1.29 is 9.59 Å². The Balaban J connectivity index is 2.34. The smallest absolute Gasteiger partial charge is 0.228 e. The third-order valence-corrected chi connectivity index (χ3v) is 3.35. The highest BCUT2D eigenvalue weighted by Crippen LogP contribution is 2.20. The molecule has 0 bridgehead atoms. The summed E-state index contributed by atoms with van der Waals surface area (Å²) >= 11 is 5.49. The van der Waals surface area contributed by atoms with Gasteiger partial charge in [-0.05, 0) is 23.2 Å². The Hall–Kier alpha value is -1.93. The molecule has 0 saturated carbocycles. The Morgan fingerprint density at radius 3 is 2.21 bits per heavy atom. The SMILES string of the molecule is C[C@H](C(=O)Cl)c1cccc(C(=O)c2ccccc2)c1. The lowest BCUT2D eigenvalue weighted by atomic mass is 9.96. The van der Waals surface area contributed by atoms with Crippen LogP contribution >= 0.6 is 11.6 Å². The molecule has 2 aromatic rings. The first-order chi connectivity index (χ1) is 9.09. The number of hydrogen-bond donors (Lipinski definition) is 0. The molecule has 19 heavy (non-hydrogen) atoms. The summed E-state index contributed by atoms with van der Waals surface area (Å²) in [5.41, 5.74) is 1.94. The van der Waals surface area contributed by atoms with Crippen molar-refractivity contribution in [2.75, 3.05) is 0 Å². The highest BCUT2D eigenvalue weighted by atomic mass is 35.5. The van der Waals surface area contributed by atoms with E-state index in [9.17, 15) is 9.59 Å². The average Bonchev–Trinajstić information content (AvgIpc) is 2.46. The lowest BCUT2D eigenvalue weighted by Crippen LogP contribution is -2.05. The maximum absolute atomic E-state index is 12.3. The van der Waals surface area contributed by atoms with Crippen molar-refractivity contribution in [1.29, 1.82) is 0 Å². The fraction of sp³-hybridized carbons (Fsp3) is 0.125. The van der Waals surface area contributed by atoms with Crippen LogP contribution in [0.1, 0.15) is 34.3 Å². The van der Waals surface area contributed by atoms with Gasteiger partial charge in [-0.3, -0.25) is 9.59 Å². The Bertz CT molecular complexity index is 605. The van der Waals surface area contributed by atoms with Gasteiger partial charge in [-0.15, -0.1) is 0 Å². The average molecular weight is 273 g/mol. The van der Waals surface area contributed by atoms with Crippen LogP contribution in [0.15, 0.2) is 54.6 Å². The van der Waals surface area contributed by atoms with E-state index >= 15 is 0 Å². The van der Waals surface area contributed by atoms with Crippen molar-refractivity contribution in [1.82, 2.24) is 0 Å².